The second-order valence-corrected chi connectivity index (χ2v) is 10.6. The summed E-state index contributed by atoms with van der Waals surface area (Å²) in [5.41, 5.74) is 3.93. The van der Waals surface area contributed by atoms with Crippen LogP contribution in [0.3, 0.4) is 0 Å². The maximum atomic E-state index is 13.5. The van der Waals surface area contributed by atoms with Crippen LogP contribution in [0.25, 0.3) is 5.76 Å². The zero-order valence-electron chi connectivity index (χ0n) is 22.9. The first-order valence-electron chi connectivity index (χ1n) is 13.4. The van der Waals surface area contributed by atoms with Crippen LogP contribution >= 0.6 is 0 Å². The Hall–Kier alpha value is -4.10. The number of rotatable bonds is 6. The lowest BCUT2D eigenvalue weighted by atomic mass is 9.94. The highest BCUT2D eigenvalue weighted by Crippen LogP contribution is 2.43. The molecule has 2 heterocycles. The summed E-state index contributed by atoms with van der Waals surface area (Å²) in [5.74, 6) is -1.01. The van der Waals surface area contributed by atoms with Crippen molar-refractivity contribution in [2.45, 2.75) is 32.9 Å². The van der Waals surface area contributed by atoms with Crippen molar-refractivity contribution >= 4 is 28.8 Å². The molecule has 2 aliphatic rings. The van der Waals surface area contributed by atoms with Gasteiger partial charge in [0.15, 0.2) is 0 Å². The number of likely N-dealkylation sites (N-methyl/N-ethyl adjacent to an activating group) is 1. The molecule has 0 radical (unpaired) electrons. The summed E-state index contributed by atoms with van der Waals surface area (Å²) < 4.78 is 5.80. The van der Waals surface area contributed by atoms with Crippen LogP contribution in [-0.4, -0.2) is 61.0 Å². The third-order valence-electron chi connectivity index (χ3n) is 7.28. The fraction of sp³-hybridized carbons (Fsp3) is 0.312. The van der Waals surface area contributed by atoms with E-state index in [1.165, 1.54) is 4.90 Å². The summed E-state index contributed by atoms with van der Waals surface area (Å²) in [6.45, 7) is 9.66. The third kappa shape index (κ3) is 5.40. The largest absolute Gasteiger partial charge is 0.507 e. The Morgan fingerprint density at radius 1 is 0.897 bits per heavy atom. The number of nitrogens with zero attached hydrogens (tertiary/aromatic N) is 3. The molecule has 0 saturated carbocycles. The summed E-state index contributed by atoms with van der Waals surface area (Å²) in [5, 5.41) is 11.5. The third-order valence-corrected chi connectivity index (χ3v) is 7.28. The van der Waals surface area contributed by atoms with Crippen molar-refractivity contribution in [3.63, 3.8) is 0 Å². The molecule has 2 saturated heterocycles. The molecule has 7 nitrogen and oxygen atoms in total. The monoisotopic (exact) mass is 525 g/mol. The summed E-state index contributed by atoms with van der Waals surface area (Å²) in [6, 6.07) is 21.7. The highest BCUT2D eigenvalue weighted by Gasteiger charge is 2.47. The van der Waals surface area contributed by atoms with E-state index in [-0.39, 0.29) is 17.4 Å². The quantitative estimate of drug-likeness (QED) is 0.272. The summed E-state index contributed by atoms with van der Waals surface area (Å²) in [4.78, 5) is 33.2. The van der Waals surface area contributed by atoms with Crippen molar-refractivity contribution in [1.29, 1.82) is 0 Å². The first-order valence-corrected chi connectivity index (χ1v) is 13.4. The van der Waals surface area contributed by atoms with Crippen LogP contribution in [0, 0.1) is 6.92 Å². The van der Waals surface area contributed by atoms with Gasteiger partial charge in [-0.1, -0.05) is 42.0 Å². The van der Waals surface area contributed by atoms with E-state index in [0.29, 0.717) is 17.0 Å². The summed E-state index contributed by atoms with van der Waals surface area (Å²) in [7, 11) is 2.12. The normalized spacial score (nSPS) is 19.7. The molecular weight excluding hydrogens is 490 g/mol. The molecule has 1 unspecified atom stereocenters. The van der Waals surface area contributed by atoms with Crippen molar-refractivity contribution in [3.05, 3.63) is 95.1 Å². The predicted octanol–water partition coefficient (Wildman–Crippen LogP) is 5.16. The standard InChI is InChI=1S/C32H35N3O4/c1-21(2)39-27-10-6-9-24(20-27)30(36)28-29(23-8-5-7-22(3)19-23)35(32(38)31(28)37)26-13-11-25(12-14-26)34-17-15-33(4)16-18-34/h5-14,19-21,29,36H,15-18H2,1-4H3/b30-28+. The van der Waals surface area contributed by atoms with Crippen LogP contribution in [0.5, 0.6) is 5.75 Å². The van der Waals surface area contributed by atoms with Gasteiger partial charge in [0.05, 0.1) is 17.7 Å². The van der Waals surface area contributed by atoms with Gasteiger partial charge in [0, 0.05) is 43.1 Å². The molecule has 2 aliphatic heterocycles. The maximum absolute atomic E-state index is 13.5. The number of hydrogen-bond acceptors (Lipinski definition) is 6. The van der Waals surface area contributed by atoms with Crippen molar-refractivity contribution in [2.24, 2.45) is 0 Å². The van der Waals surface area contributed by atoms with Gasteiger partial charge >= 0.3 is 0 Å². The number of anilines is 2. The number of Topliss-reactive ketones (excluding diaryl/α,β-unsaturated/α-hetero) is 1. The molecule has 1 N–H and O–H groups in total. The summed E-state index contributed by atoms with van der Waals surface area (Å²) >= 11 is 0. The number of carbonyl (C=O) groups excluding carboxylic acids is 2. The first-order chi connectivity index (χ1) is 18.7. The van der Waals surface area contributed by atoms with Gasteiger partial charge in [0.1, 0.15) is 11.5 Å². The molecule has 1 amide bonds. The Labute approximate surface area is 229 Å². The number of ether oxygens (including phenoxy) is 1. The van der Waals surface area contributed by atoms with Crippen LogP contribution in [-0.2, 0) is 9.59 Å². The van der Waals surface area contributed by atoms with Gasteiger partial charge in [-0.2, -0.15) is 0 Å². The lowest BCUT2D eigenvalue weighted by Crippen LogP contribution is -2.44. The Bertz CT molecular complexity index is 1400. The van der Waals surface area contributed by atoms with E-state index in [1.807, 2.05) is 69.3 Å². The number of amides is 1. The van der Waals surface area contributed by atoms with Gasteiger partial charge in [-0.25, -0.2) is 0 Å². The average molecular weight is 526 g/mol. The Morgan fingerprint density at radius 3 is 2.23 bits per heavy atom. The molecule has 39 heavy (non-hydrogen) atoms. The molecule has 0 spiro atoms. The van der Waals surface area contributed by atoms with Gasteiger partial charge in [-0.05, 0) is 69.8 Å². The number of benzene rings is 3. The molecule has 2 fully saturated rings. The second kappa shape index (κ2) is 10.9. The van der Waals surface area contributed by atoms with Gasteiger partial charge in [-0.15, -0.1) is 0 Å². The molecule has 202 valence electrons. The molecule has 3 aromatic carbocycles. The minimum atomic E-state index is -0.769. The van der Waals surface area contributed by atoms with Crippen LogP contribution in [0.1, 0.15) is 36.6 Å². The first kappa shape index (κ1) is 26.5. The van der Waals surface area contributed by atoms with Crippen LogP contribution in [0.15, 0.2) is 78.4 Å². The Balaban J connectivity index is 1.57. The number of ketones is 1. The van der Waals surface area contributed by atoms with Crippen molar-refractivity contribution in [3.8, 4) is 5.75 Å². The molecule has 1 atom stereocenters. The number of aliphatic hydroxyl groups excluding tert-OH is 1. The molecule has 0 aliphatic carbocycles. The lowest BCUT2D eigenvalue weighted by molar-refractivity contribution is -0.132. The van der Waals surface area contributed by atoms with Gasteiger partial charge < -0.3 is 19.6 Å². The lowest BCUT2D eigenvalue weighted by Gasteiger charge is -2.34. The molecular formula is C32H35N3O4. The van der Waals surface area contributed by atoms with Crippen LogP contribution in [0.2, 0.25) is 0 Å². The number of piperazine rings is 1. The fourth-order valence-electron chi connectivity index (χ4n) is 5.29. The second-order valence-electron chi connectivity index (χ2n) is 10.6. The number of carbonyl (C=O) groups is 2. The van der Waals surface area contributed by atoms with Crippen molar-refractivity contribution < 1.29 is 19.4 Å². The van der Waals surface area contributed by atoms with E-state index in [2.05, 4.69) is 16.8 Å². The van der Waals surface area contributed by atoms with Crippen LogP contribution < -0.4 is 14.5 Å². The van der Waals surface area contributed by atoms with Crippen LogP contribution in [0.4, 0.5) is 11.4 Å². The van der Waals surface area contributed by atoms with Gasteiger partial charge in [0.2, 0.25) is 0 Å². The SMILES string of the molecule is Cc1cccc(C2/C(=C(\O)c3cccc(OC(C)C)c3)C(=O)C(=O)N2c2ccc(N3CCN(C)CC3)cc2)c1. The molecule has 3 aromatic rings. The minimum Gasteiger partial charge on any atom is -0.507 e. The minimum absolute atomic E-state index is 0.0471. The van der Waals surface area contributed by atoms with E-state index in [4.69, 9.17) is 4.74 Å². The smallest absolute Gasteiger partial charge is 0.300 e. The van der Waals surface area contributed by atoms with Gasteiger partial charge in [0.25, 0.3) is 11.7 Å². The van der Waals surface area contributed by atoms with E-state index in [1.54, 1.807) is 24.3 Å². The van der Waals surface area contributed by atoms with E-state index in [0.717, 1.165) is 43.0 Å². The maximum Gasteiger partial charge on any atom is 0.300 e. The molecule has 5 rings (SSSR count). The topological polar surface area (TPSA) is 73.3 Å². The Kier molecular flexibility index (Phi) is 7.44. The van der Waals surface area contributed by atoms with E-state index >= 15 is 0 Å². The zero-order chi connectivity index (χ0) is 27.7. The average Bonchev–Trinajstić information content (AvgIpc) is 3.19. The van der Waals surface area contributed by atoms with E-state index < -0.39 is 17.7 Å². The molecule has 0 bridgehead atoms. The molecule has 0 aromatic heterocycles. The highest BCUT2D eigenvalue weighted by molar-refractivity contribution is 6.51. The van der Waals surface area contributed by atoms with Crippen molar-refractivity contribution in [1.82, 2.24) is 4.90 Å². The zero-order valence-corrected chi connectivity index (χ0v) is 22.9. The van der Waals surface area contributed by atoms with E-state index in [9.17, 15) is 14.7 Å². The highest BCUT2D eigenvalue weighted by atomic mass is 16.5. The number of aliphatic hydroxyl groups is 1. The summed E-state index contributed by atoms with van der Waals surface area (Å²) in [6.07, 6.45) is -0.0471. The fourth-order valence-corrected chi connectivity index (χ4v) is 5.29. The number of aryl methyl sites for hydroxylation is 1. The van der Waals surface area contributed by atoms with Crippen molar-refractivity contribution in [2.75, 3.05) is 43.0 Å². The predicted molar refractivity (Wildman–Crippen MR) is 154 cm³/mol. The number of hydrogen-bond donors (Lipinski definition) is 1. The molecule has 7 heteroatoms. The Morgan fingerprint density at radius 2 is 1.56 bits per heavy atom. The van der Waals surface area contributed by atoms with Gasteiger partial charge in [-0.3, -0.25) is 14.5 Å².